The van der Waals surface area contributed by atoms with E-state index in [0.717, 1.165) is 16.7 Å². The highest BCUT2D eigenvalue weighted by atomic mass is 35.5. The second kappa shape index (κ2) is 6.58. The van der Waals surface area contributed by atoms with Gasteiger partial charge in [-0.15, -0.1) is 11.3 Å². The van der Waals surface area contributed by atoms with E-state index in [0.29, 0.717) is 11.3 Å². The number of thiophene rings is 1. The van der Waals surface area contributed by atoms with Crippen LogP contribution >= 0.6 is 22.9 Å². The van der Waals surface area contributed by atoms with Crippen LogP contribution in [0.4, 0.5) is 13.2 Å². The van der Waals surface area contributed by atoms with Gasteiger partial charge >= 0.3 is 12.1 Å². The number of carboxylic acid groups (broad SMARTS) is 1. The molecule has 0 atom stereocenters. The summed E-state index contributed by atoms with van der Waals surface area (Å²) < 4.78 is 39.6. The van der Waals surface area contributed by atoms with Gasteiger partial charge in [-0.1, -0.05) is 11.6 Å². The predicted octanol–water partition coefficient (Wildman–Crippen LogP) is 4.70. The van der Waals surface area contributed by atoms with Crippen LogP contribution < -0.4 is 0 Å². The third kappa shape index (κ3) is 3.40. The Hall–Kier alpha value is -2.52. The molecule has 0 aliphatic rings. The van der Waals surface area contributed by atoms with Gasteiger partial charge in [0.1, 0.15) is 10.6 Å². The number of nitrogens with zero attached hydrogens (tertiary/aromatic N) is 1. The Morgan fingerprint density at radius 2 is 1.93 bits per heavy atom. The number of alkyl halides is 3. The molecular weight excluding hydrogens is 407 g/mol. The zero-order valence-electron chi connectivity index (χ0n) is 13.6. The van der Waals surface area contributed by atoms with Gasteiger partial charge in [0.2, 0.25) is 0 Å². The van der Waals surface area contributed by atoms with Crippen LogP contribution in [0.3, 0.4) is 0 Å². The molecular formula is C17H11ClF3NO4S. The molecule has 0 saturated carbocycles. The highest BCUT2D eigenvalue weighted by Gasteiger charge is 2.33. The van der Waals surface area contributed by atoms with E-state index >= 15 is 0 Å². The number of halogens is 4. The van der Waals surface area contributed by atoms with Crippen molar-refractivity contribution < 1.29 is 33.0 Å². The maximum Gasteiger partial charge on any atom is 0.425 e. The number of hydrogen-bond donors (Lipinski definition) is 2. The molecule has 2 heterocycles. The number of benzene rings is 1. The number of aromatic nitrogens is 1. The van der Waals surface area contributed by atoms with Crippen molar-refractivity contribution in [1.82, 2.24) is 4.57 Å². The fourth-order valence-corrected chi connectivity index (χ4v) is 3.80. The monoisotopic (exact) mass is 417 g/mol. The van der Waals surface area contributed by atoms with Crippen molar-refractivity contribution in [3.8, 4) is 5.75 Å². The van der Waals surface area contributed by atoms with E-state index in [1.165, 1.54) is 19.1 Å². The van der Waals surface area contributed by atoms with Crippen LogP contribution in [0, 0.1) is 6.92 Å². The Bertz CT molecular complexity index is 1080. The van der Waals surface area contributed by atoms with Gasteiger partial charge in [-0.2, -0.15) is 13.2 Å². The molecule has 10 heteroatoms. The Kier molecular flexibility index (Phi) is 4.69. The smallest absolute Gasteiger partial charge is 0.425 e. The number of carboxylic acids is 1. The van der Waals surface area contributed by atoms with Gasteiger partial charge < -0.3 is 10.2 Å². The van der Waals surface area contributed by atoms with Gasteiger partial charge in [0.05, 0.1) is 21.8 Å². The van der Waals surface area contributed by atoms with Crippen LogP contribution in [0.25, 0.3) is 10.9 Å². The molecule has 3 aromatic rings. The summed E-state index contributed by atoms with van der Waals surface area (Å²) in [6.45, 7) is 1.49. The first-order valence-electron chi connectivity index (χ1n) is 7.46. The van der Waals surface area contributed by atoms with Crippen molar-refractivity contribution >= 4 is 45.7 Å². The van der Waals surface area contributed by atoms with Crippen molar-refractivity contribution in [3.63, 3.8) is 0 Å². The number of rotatable bonds is 3. The van der Waals surface area contributed by atoms with Gasteiger partial charge in [-0.25, -0.2) is 0 Å². The minimum Gasteiger partial charge on any atom is -0.506 e. The molecule has 5 nitrogen and oxygen atoms in total. The first kappa shape index (κ1) is 19.2. The number of carbonyl (C=O) groups is 2. The molecule has 27 heavy (non-hydrogen) atoms. The minimum atomic E-state index is -4.57. The van der Waals surface area contributed by atoms with Crippen LogP contribution in [-0.2, 0) is 17.4 Å². The molecule has 2 N–H and O–H groups in total. The molecule has 0 saturated heterocycles. The van der Waals surface area contributed by atoms with Gasteiger partial charge in [0, 0.05) is 11.1 Å². The number of phenols is 1. The number of aromatic hydroxyl groups is 1. The fourth-order valence-electron chi connectivity index (χ4n) is 2.84. The van der Waals surface area contributed by atoms with Crippen molar-refractivity contribution in [2.75, 3.05) is 0 Å². The van der Waals surface area contributed by atoms with E-state index in [9.17, 15) is 27.9 Å². The predicted molar refractivity (Wildman–Crippen MR) is 93.7 cm³/mol. The summed E-state index contributed by atoms with van der Waals surface area (Å²) in [5.41, 5.74) is 0.727. The molecule has 142 valence electrons. The summed E-state index contributed by atoms with van der Waals surface area (Å²) in [6.07, 6.45) is -5.00. The molecule has 0 unspecified atom stereocenters. The zero-order valence-corrected chi connectivity index (χ0v) is 15.2. The Balaban J connectivity index is 2.22. The van der Waals surface area contributed by atoms with Crippen LogP contribution in [0.5, 0.6) is 5.75 Å². The first-order chi connectivity index (χ1) is 12.5. The Morgan fingerprint density at radius 3 is 2.48 bits per heavy atom. The largest absolute Gasteiger partial charge is 0.506 e. The summed E-state index contributed by atoms with van der Waals surface area (Å²) in [5, 5.41) is 19.2. The number of fused-ring (bicyclic) bond motifs is 1. The normalized spacial score (nSPS) is 11.9. The topological polar surface area (TPSA) is 79.5 Å². The summed E-state index contributed by atoms with van der Waals surface area (Å²) in [5.74, 6) is -2.19. The second-order valence-electron chi connectivity index (χ2n) is 5.76. The maximum absolute atomic E-state index is 12.9. The quantitative estimate of drug-likeness (QED) is 0.647. The number of hydrogen-bond acceptors (Lipinski definition) is 4. The van der Waals surface area contributed by atoms with Gasteiger partial charge in [-0.3, -0.25) is 14.2 Å². The molecule has 0 aliphatic carbocycles. The maximum atomic E-state index is 12.9. The number of carbonyl (C=O) groups excluding carboxylic acids is 1. The molecule has 0 aliphatic heterocycles. The summed E-state index contributed by atoms with van der Waals surface area (Å²) in [6, 6.07) is 4.40. The van der Waals surface area contributed by atoms with Crippen molar-refractivity contribution in [3.05, 3.63) is 50.3 Å². The van der Waals surface area contributed by atoms with Crippen LogP contribution in [0.1, 0.15) is 25.8 Å². The third-order valence-corrected chi connectivity index (χ3v) is 5.45. The molecule has 0 amide bonds. The van der Waals surface area contributed by atoms with Crippen LogP contribution in [0.2, 0.25) is 5.02 Å². The Labute approximate surface area is 159 Å². The third-order valence-electron chi connectivity index (χ3n) is 4.03. The zero-order chi connectivity index (χ0) is 20.1. The SMILES string of the molecule is Cc1c(CC(=O)O)c2cc(O)c(Cl)cc2n1C(=O)c1ccc(C(F)(F)F)s1. The van der Waals surface area contributed by atoms with Crippen molar-refractivity contribution in [2.45, 2.75) is 19.5 Å². The number of aliphatic carboxylic acids is 1. The molecule has 1 aromatic carbocycles. The fraction of sp³-hybridized carbons (Fsp3) is 0.176. The molecule has 0 fully saturated rings. The minimum absolute atomic E-state index is 0.0712. The molecule has 0 bridgehead atoms. The molecule has 3 rings (SSSR count). The summed E-state index contributed by atoms with van der Waals surface area (Å²) in [4.78, 5) is 23.0. The van der Waals surface area contributed by atoms with E-state index < -0.39 is 29.4 Å². The Morgan fingerprint density at radius 1 is 1.26 bits per heavy atom. The lowest BCUT2D eigenvalue weighted by Gasteiger charge is -2.06. The summed E-state index contributed by atoms with van der Waals surface area (Å²) >= 11 is 6.20. The highest BCUT2D eigenvalue weighted by Crippen LogP contribution is 2.37. The van der Waals surface area contributed by atoms with Crippen molar-refractivity contribution in [2.24, 2.45) is 0 Å². The van der Waals surface area contributed by atoms with E-state index in [2.05, 4.69) is 0 Å². The molecule has 0 spiro atoms. The lowest BCUT2D eigenvalue weighted by molar-refractivity contribution is -0.136. The van der Waals surface area contributed by atoms with Crippen LogP contribution in [-0.4, -0.2) is 26.7 Å². The lowest BCUT2D eigenvalue weighted by Crippen LogP contribution is -2.13. The van der Waals surface area contributed by atoms with Crippen molar-refractivity contribution in [1.29, 1.82) is 0 Å². The lowest BCUT2D eigenvalue weighted by atomic mass is 10.1. The molecule has 0 radical (unpaired) electrons. The first-order valence-corrected chi connectivity index (χ1v) is 8.66. The average molecular weight is 418 g/mol. The summed E-state index contributed by atoms with van der Waals surface area (Å²) in [7, 11) is 0. The number of phenolic OH excluding ortho intramolecular Hbond substituents is 1. The second-order valence-corrected chi connectivity index (χ2v) is 7.25. The van der Waals surface area contributed by atoms with Crippen LogP contribution in [0.15, 0.2) is 24.3 Å². The average Bonchev–Trinajstić information content (AvgIpc) is 3.13. The van der Waals surface area contributed by atoms with E-state index in [4.69, 9.17) is 16.7 Å². The van der Waals surface area contributed by atoms with Gasteiger partial charge in [0.15, 0.2) is 0 Å². The highest BCUT2D eigenvalue weighted by molar-refractivity contribution is 7.14. The van der Waals surface area contributed by atoms with E-state index in [1.807, 2.05) is 0 Å². The standard InChI is InChI=1S/C17H11ClF3NO4S/c1-7-8(5-15(24)25)9-4-12(23)10(18)6-11(9)22(7)16(26)13-2-3-14(27-13)17(19,20)21/h2-4,6,23H,5H2,1H3,(H,24,25). The van der Waals surface area contributed by atoms with Gasteiger partial charge in [-0.05, 0) is 36.8 Å². The van der Waals surface area contributed by atoms with Gasteiger partial charge in [0.25, 0.3) is 5.91 Å². The molecule has 2 aromatic heterocycles. The van der Waals surface area contributed by atoms with E-state index in [-0.39, 0.29) is 37.8 Å². The van der Waals surface area contributed by atoms with E-state index in [1.54, 1.807) is 0 Å².